The lowest BCUT2D eigenvalue weighted by Gasteiger charge is -2.03. The minimum Gasteiger partial charge on any atom is -0.465 e. The second-order valence-corrected chi connectivity index (χ2v) is 2.67. The molecular weight excluding hydrogens is 195 g/mol. The molecule has 70 valence electrons. The standard InChI is InChI=1S/C9H8ClFO2/c1-13-9(12)7-4-2-3-6(5-10)8(7)11/h2-4H,5H2,1H3. The zero-order valence-corrected chi connectivity index (χ0v) is 7.77. The van der Waals surface area contributed by atoms with Crippen molar-refractivity contribution in [3.8, 4) is 0 Å². The molecule has 0 spiro atoms. The summed E-state index contributed by atoms with van der Waals surface area (Å²) >= 11 is 5.46. The maximum Gasteiger partial charge on any atom is 0.340 e. The molecule has 0 aromatic heterocycles. The van der Waals surface area contributed by atoms with Gasteiger partial charge in [-0.25, -0.2) is 9.18 Å². The minimum atomic E-state index is -0.690. The maximum atomic E-state index is 13.3. The average Bonchev–Trinajstić information content (AvgIpc) is 2.17. The normalized spacial score (nSPS) is 9.77. The highest BCUT2D eigenvalue weighted by Crippen LogP contribution is 2.15. The van der Waals surface area contributed by atoms with Gasteiger partial charge in [-0.1, -0.05) is 12.1 Å². The van der Waals surface area contributed by atoms with Gasteiger partial charge in [0.1, 0.15) is 5.82 Å². The van der Waals surface area contributed by atoms with E-state index in [2.05, 4.69) is 4.74 Å². The first-order chi connectivity index (χ1) is 6.20. The van der Waals surface area contributed by atoms with Gasteiger partial charge in [-0.2, -0.15) is 0 Å². The molecule has 0 fully saturated rings. The van der Waals surface area contributed by atoms with Gasteiger partial charge in [0.2, 0.25) is 0 Å². The van der Waals surface area contributed by atoms with Gasteiger partial charge >= 0.3 is 5.97 Å². The molecule has 0 unspecified atom stereocenters. The van der Waals surface area contributed by atoms with E-state index in [1.807, 2.05) is 0 Å². The van der Waals surface area contributed by atoms with Gasteiger partial charge in [0, 0.05) is 5.56 Å². The van der Waals surface area contributed by atoms with Gasteiger partial charge in [0.05, 0.1) is 18.6 Å². The second kappa shape index (κ2) is 4.23. The van der Waals surface area contributed by atoms with E-state index >= 15 is 0 Å². The number of ether oxygens (including phenoxy) is 1. The van der Waals surface area contributed by atoms with E-state index in [1.54, 1.807) is 6.07 Å². The zero-order valence-electron chi connectivity index (χ0n) is 7.01. The van der Waals surface area contributed by atoms with E-state index in [0.717, 1.165) is 0 Å². The highest BCUT2D eigenvalue weighted by atomic mass is 35.5. The predicted molar refractivity (Wildman–Crippen MR) is 47.3 cm³/mol. The Morgan fingerprint density at radius 1 is 1.62 bits per heavy atom. The Kier molecular flexibility index (Phi) is 3.25. The fourth-order valence-corrected chi connectivity index (χ4v) is 1.16. The molecule has 0 radical (unpaired) electrons. The quantitative estimate of drug-likeness (QED) is 0.544. The summed E-state index contributed by atoms with van der Waals surface area (Å²) in [6.45, 7) is 0. The Hall–Kier alpha value is -1.09. The number of benzene rings is 1. The monoisotopic (exact) mass is 202 g/mol. The summed E-state index contributed by atoms with van der Waals surface area (Å²) in [7, 11) is 1.20. The molecule has 0 N–H and O–H groups in total. The third kappa shape index (κ3) is 1.98. The maximum absolute atomic E-state index is 13.3. The number of hydrogen-bond donors (Lipinski definition) is 0. The predicted octanol–water partition coefficient (Wildman–Crippen LogP) is 2.35. The lowest BCUT2D eigenvalue weighted by molar-refractivity contribution is 0.0595. The third-order valence-electron chi connectivity index (χ3n) is 1.63. The fourth-order valence-electron chi connectivity index (χ4n) is 0.951. The Labute approximate surface area is 80.3 Å². The van der Waals surface area contributed by atoms with Crippen LogP contribution in [0, 0.1) is 5.82 Å². The van der Waals surface area contributed by atoms with Crippen LogP contribution >= 0.6 is 11.6 Å². The number of carbonyl (C=O) groups is 1. The molecule has 2 nitrogen and oxygen atoms in total. The smallest absolute Gasteiger partial charge is 0.340 e. The lowest BCUT2D eigenvalue weighted by atomic mass is 10.1. The molecule has 1 aromatic rings. The van der Waals surface area contributed by atoms with E-state index < -0.39 is 11.8 Å². The van der Waals surface area contributed by atoms with Crippen LogP contribution in [-0.4, -0.2) is 13.1 Å². The number of hydrogen-bond acceptors (Lipinski definition) is 2. The third-order valence-corrected chi connectivity index (χ3v) is 1.92. The molecule has 1 aromatic carbocycles. The molecular formula is C9H8ClFO2. The van der Waals surface area contributed by atoms with Crippen LogP contribution in [0.25, 0.3) is 0 Å². The molecule has 1 rings (SSSR count). The zero-order chi connectivity index (χ0) is 9.84. The van der Waals surface area contributed by atoms with Crippen molar-refractivity contribution in [1.29, 1.82) is 0 Å². The van der Waals surface area contributed by atoms with E-state index in [1.165, 1.54) is 19.2 Å². The largest absolute Gasteiger partial charge is 0.465 e. The molecule has 0 saturated carbocycles. The number of rotatable bonds is 2. The van der Waals surface area contributed by atoms with Crippen LogP contribution in [0.2, 0.25) is 0 Å². The van der Waals surface area contributed by atoms with Crippen molar-refractivity contribution in [3.63, 3.8) is 0 Å². The Morgan fingerprint density at radius 3 is 2.85 bits per heavy atom. The van der Waals surface area contributed by atoms with Gasteiger partial charge in [-0.05, 0) is 6.07 Å². The van der Waals surface area contributed by atoms with E-state index in [9.17, 15) is 9.18 Å². The van der Waals surface area contributed by atoms with Crippen molar-refractivity contribution in [3.05, 3.63) is 35.1 Å². The van der Waals surface area contributed by atoms with Crippen LogP contribution in [0.5, 0.6) is 0 Å². The van der Waals surface area contributed by atoms with Gasteiger partial charge in [-0.15, -0.1) is 11.6 Å². The summed E-state index contributed by atoms with van der Waals surface area (Å²) in [5.74, 6) is -1.26. The summed E-state index contributed by atoms with van der Waals surface area (Å²) in [5, 5.41) is 0. The Balaban J connectivity index is 3.15. The van der Waals surface area contributed by atoms with Crippen molar-refractivity contribution >= 4 is 17.6 Å². The number of methoxy groups -OCH3 is 1. The summed E-state index contributed by atoms with van der Waals surface area (Å²) in [5.41, 5.74) is 0.213. The molecule has 0 amide bonds. The van der Waals surface area contributed by atoms with Crippen molar-refractivity contribution < 1.29 is 13.9 Å². The van der Waals surface area contributed by atoms with Crippen molar-refractivity contribution in [2.24, 2.45) is 0 Å². The van der Waals surface area contributed by atoms with Gasteiger partial charge < -0.3 is 4.74 Å². The van der Waals surface area contributed by atoms with Crippen molar-refractivity contribution in [2.75, 3.05) is 7.11 Å². The number of halogens is 2. The first-order valence-electron chi connectivity index (χ1n) is 3.62. The molecule has 0 atom stereocenters. The molecule has 13 heavy (non-hydrogen) atoms. The van der Waals surface area contributed by atoms with Crippen LogP contribution in [0.1, 0.15) is 15.9 Å². The van der Waals surface area contributed by atoms with Gasteiger partial charge in [0.15, 0.2) is 0 Å². The highest BCUT2D eigenvalue weighted by Gasteiger charge is 2.13. The average molecular weight is 203 g/mol. The Bertz CT molecular complexity index is 325. The lowest BCUT2D eigenvalue weighted by Crippen LogP contribution is -2.05. The van der Waals surface area contributed by atoms with Gasteiger partial charge in [-0.3, -0.25) is 0 Å². The summed E-state index contributed by atoms with van der Waals surface area (Å²) in [6.07, 6.45) is 0. The van der Waals surface area contributed by atoms with Crippen LogP contribution in [0.4, 0.5) is 4.39 Å². The SMILES string of the molecule is COC(=O)c1cccc(CCl)c1F. The molecule has 0 aliphatic rings. The first-order valence-corrected chi connectivity index (χ1v) is 4.15. The molecule has 4 heteroatoms. The number of carbonyl (C=O) groups excluding carboxylic acids is 1. The highest BCUT2D eigenvalue weighted by molar-refractivity contribution is 6.17. The summed E-state index contributed by atoms with van der Waals surface area (Å²) in [4.78, 5) is 11.0. The van der Waals surface area contributed by atoms with Crippen LogP contribution in [0.3, 0.4) is 0 Å². The van der Waals surface area contributed by atoms with Crippen LogP contribution in [0.15, 0.2) is 18.2 Å². The van der Waals surface area contributed by atoms with E-state index in [-0.39, 0.29) is 11.4 Å². The first kappa shape index (κ1) is 9.99. The molecule has 0 saturated heterocycles. The molecule has 0 bridgehead atoms. The number of esters is 1. The fraction of sp³-hybridized carbons (Fsp3) is 0.222. The van der Waals surface area contributed by atoms with Crippen molar-refractivity contribution in [2.45, 2.75) is 5.88 Å². The van der Waals surface area contributed by atoms with Crippen LogP contribution < -0.4 is 0 Å². The molecule has 0 aliphatic carbocycles. The minimum absolute atomic E-state index is 0.0384. The van der Waals surface area contributed by atoms with Crippen LogP contribution in [-0.2, 0) is 10.6 Å². The molecule has 0 aliphatic heterocycles. The van der Waals surface area contributed by atoms with Gasteiger partial charge in [0.25, 0.3) is 0 Å². The number of alkyl halides is 1. The second-order valence-electron chi connectivity index (χ2n) is 2.40. The topological polar surface area (TPSA) is 26.3 Å². The van der Waals surface area contributed by atoms with E-state index in [0.29, 0.717) is 5.56 Å². The summed E-state index contributed by atoms with van der Waals surface area (Å²) < 4.78 is 17.7. The summed E-state index contributed by atoms with van der Waals surface area (Å²) in [6, 6.07) is 4.44. The molecule has 0 heterocycles. The Morgan fingerprint density at radius 2 is 2.31 bits per heavy atom. The van der Waals surface area contributed by atoms with Crippen molar-refractivity contribution in [1.82, 2.24) is 0 Å². The van der Waals surface area contributed by atoms with E-state index in [4.69, 9.17) is 11.6 Å².